The molecule has 4 nitrogen and oxygen atoms in total. The number of hydrogen-bond donors (Lipinski definition) is 1. The lowest BCUT2D eigenvalue weighted by molar-refractivity contribution is 0.0618. The lowest BCUT2D eigenvalue weighted by Crippen LogP contribution is -2.21. The third kappa shape index (κ3) is 4.61. The summed E-state index contributed by atoms with van der Waals surface area (Å²) in [4.78, 5) is 0. The van der Waals surface area contributed by atoms with Crippen LogP contribution in [0, 0.1) is 5.92 Å². The first-order chi connectivity index (χ1) is 10.2. The fourth-order valence-corrected chi connectivity index (χ4v) is 2.78. The quantitative estimate of drug-likeness (QED) is 0.838. The smallest absolute Gasteiger partial charge is 0.161 e. The standard InChI is InChI=1S/C17H27NO3/c1-3-20-16-6-5-14(12-17(16)21-4-2)15(18)11-13-7-9-19-10-8-13/h5-6,12-13,15H,3-4,7-11,18H2,1-2H3. The van der Waals surface area contributed by atoms with Gasteiger partial charge in [0.05, 0.1) is 13.2 Å². The number of ether oxygens (including phenoxy) is 3. The molecule has 1 heterocycles. The van der Waals surface area contributed by atoms with Gasteiger partial charge in [-0.25, -0.2) is 0 Å². The zero-order chi connectivity index (χ0) is 15.1. The van der Waals surface area contributed by atoms with E-state index in [2.05, 4.69) is 6.07 Å². The van der Waals surface area contributed by atoms with Gasteiger partial charge >= 0.3 is 0 Å². The van der Waals surface area contributed by atoms with Gasteiger partial charge in [0, 0.05) is 19.3 Å². The second kappa shape index (κ2) is 8.25. The highest BCUT2D eigenvalue weighted by Crippen LogP contribution is 2.33. The van der Waals surface area contributed by atoms with Crippen LogP contribution < -0.4 is 15.2 Å². The maximum Gasteiger partial charge on any atom is 0.161 e. The van der Waals surface area contributed by atoms with Crippen LogP contribution in [0.5, 0.6) is 11.5 Å². The highest BCUT2D eigenvalue weighted by atomic mass is 16.5. The summed E-state index contributed by atoms with van der Waals surface area (Å²) >= 11 is 0. The summed E-state index contributed by atoms with van der Waals surface area (Å²) in [5, 5.41) is 0. The first-order valence-corrected chi connectivity index (χ1v) is 7.97. The van der Waals surface area contributed by atoms with Crippen LogP contribution >= 0.6 is 0 Å². The maximum atomic E-state index is 6.38. The predicted molar refractivity (Wildman–Crippen MR) is 83.9 cm³/mol. The van der Waals surface area contributed by atoms with Crippen molar-refractivity contribution < 1.29 is 14.2 Å². The van der Waals surface area contributed by atoms with E-state index in [4.69, 9.17) is 19.9 Å². The Morgan fingerprint density at radius 2 is 1.81 bits per heavy atom. The maximum absolute atomic E-state index is 6.38. The molecule has 2 N–H and O–H groups in total. The molecular formula is C17H27NO3. The lowest BCUT2D eigenvalue weighted by atomic mass is 9.90. The van der Waals surface area contributed by atoms with Crippen LogP contribution in [0.3, 0.4) is 0 Å². The van der Waals surface area contributed by atoms with Gasteiger partial charge in [0.25, 0.3) is 0 Å². The van der Waals surface area contributed by atoms with Crippen LogP contribution in [0.4, 0.5) is 0 Å². The second-order valence-corrected chi connectivity index (χ2v) is 5.47. The Labute approximate surface area is 127 Å². The molecule has 1 fully saturated rings. The van der Waals surface area contributed by atoms with Gasteiger partial charge in [-0.3, -0.25) is 0 Å². The van der Waals surface area contributed by atoms with E-state index in [1.165, 1.54) is 0 Å². The minimum Gasteiger partial charge on any atom is -0.490 e. The Morgan fingerprint density at radius 1 is 1.14 bits per heavy atom. The van der Waals surface area contributed by atoms with Crippen molar-refractivity contribution in [3.63, 3.8) is 0 Å². The summed E-state index contributed by atoms with van der Waals surface area (Å²) < 4.78 is 16.7. The zero-order valence-electron chi connectivity index (χ0n) is 13.1. The summed E-state index contributed by atoms with van der Waals surface area (Å²) in [6.45, 7) is 6.94. The molecule has 0 aliphatic carbocycles. The van der Waals surface area contributed by atoms with E-state index in [1.807, 2.05) is 26.0 Å². The van der Waals surface area contributed by atoms with Gasteiger partial charge in [-0.2, -0.15) is 0 Å². The molecule has 2 rings (SSSR count). The molecule has 0 amide bonds. The van der Waals surface area contributed by atoms with E-state index in [9.17, 15) is 0 Å². The number of rotatable bonds is 7. The molecular weight excluding hydrogens is 266 g/mol. The highest BCUT2D eigenvalue weighted by molar-refractivity contribution is 5.43. The molecule has 4 heteroatoms. The Bertz CT molecular complexity index is 430. The molecule has 1 aliphatic heterocycles. The molecule has 0 bridgehead atoms. The second-order valence-electron chi connectivity index (χ2n) is 5.47. The molecule has 1 saturated heterocycles. The molecule has 1 aromatic rings. The Hall–Kier alpha value is -1.26. The molecule has 21 heavy (non-hydrogen) atoms. The Balaban J connectivity index is 2.05. The monoisotopic (exact) mass is 293 g/mol. The van der Waals surface area contributed by atoms with E-state index >= 15 is 0 Å². The molecule has 0 spiro atoms. The minimum atomic E-state index is 0.0444. The Kier molecular flexibility index (Phi) is 6.33. The van der Waals surface area contributed by atoms with E-state index in [0.717, 1.165) is 49.5 Å². The molecule has 118 valence electrons. The van der Waals surface area contributed by atoms with Crippen LogP contribution in [0.15, 0.2) is 18.2 Å². The van der Waals surface area contributed by atoms with Crippen LogP contribution in [0.2, 0.25) is 0 Å². The van der Waals surface area contributed by atoms with E-state index in [0.29, 0.717) is 19.1 Å². The van der Waals surface area contributed by atoms with Crippen LogP contribution in [-0.4, -0.2) is 26.4 Å². The van der Waals surface area contributed by atoms with Crippen LogP contribution in [0.25, 0.3) is 0 Å². The first-order valence-electron chi connectivity index (χ1n) is 7.97. The van der Waals surface area contributed by atoms with E-state index < -0.39 is 0 Å². The number of benzene rings is 1. The van der Waals surface area contributed by atoms with Gasteiger partial charge in [0.1, 0.15) is 0 Å². The average Bonchev–Trinajstić information content (AvgIpc) is 2.50. The first kappa shape index (κ1) is 16.1. The zero-order valence-corrected chi connectivity index (χ0v) is 13.1. The largest absolute Gasteiger partial charge is 0.490 e. The normalized spacial score (nSPS) is 17.5. The van der Waals surface area contributed by atoms with Crippen molar-refractivity contribution in [1.82, 2.24) is 0 Å². The van der Waals surface area contributed by atoms with Gasteiger partial charge < -0.3 is 19.9 Å². The fourth-order valence-electron chi connectivity index (χ4n) is 2.78. The summed E-state index contributed by atoms with van der Waals surface area (Å²) in [6.07, 6.45) is 3.23. The molecule has 1 aliphatic rings. The van der Waals surface area contributed by atoms with Crippen molar-refractivity contribution in [2.24, 2.45) is 11.7 Å². The van der Waals surface area contributed by atoms with Gasteiger partial charge in [-0.05, 0) is 56.7 Å². The fraction of sp³-hybridized carbons (Fsp3) is 0.647. The van der Waals surface area contributed by atoms with Crippen molar-refractivity contribution >= 4 is 0 Å². The van der Waals surface area contributed by atoms with Crippen LogP contribution in [-0.2, 0) is 4.74 Å². The van der Waals surface area contributed by atoms with Crippen LogP contribution in [0.1, 0.15) is 44.7 Å². The van der Waals surface area contributed by atoms with Crippen molar-refractivity contribution in [2.75, 3.05) is 26.4 Å². The topological polar surface area (TPSA) is 53.7 Å². The molecule has 0 radical (unpaired) electrons. The minimum absolute atomic E-state index is 0.0444. The van der Waals surface area contributed by atoms with Crippen molar-refractivity contribution in [2.45, 2.75) is 39.2 Å². The SMILES string of the molecule is CCOc1ccc(C(N)CC2CCOCC2)cc1OCC. The Morgan fingerprint density at radius 3 is 2.48 bits per heavy atom. The summed E-state index contributed by atoms with van der Waals surface area (Å²) in [6, 6.07) is 6.09. The van der Waals surface area contributed by atoms with Crippen molar-refractivity contribution in [1.29, 1.82) is 0 Å². The van der Waals surface area contributed by atoms with E-state index in [1.54, 1.807) is 0 Å². The third-order valence-electron chi connectivity index (χ3n) is 3.92. The number of nitrogens with two attached hydrogens (primary N) is 1. The van der Waals surface area contributed by atoms with Gasteiger partial charge in [-0.15, -0.1) is 0 Å². The summed E-state index contributed by atoms with van der Waals surface area (Å²) in [5.74, 6) is 2.25. The highest BCUT2D eigenvalue weighted by Gasteiger charge is 2.19. The summed E-state index contributed by atoms with van der Waals surface area (Å²) in [5.41, 5.74) is 7.50. The van der Waals surface area contributed by atoms with Gasteiger partial charge in [-0.1, -0.05) is 6.07 Å². The predicted octanol–water partition coefficient (Wildman–Crippen LogP) is 3.30. The van der Waals surface area contributed by atoms with Crippen molar-refractivity contribution in [3.8, 4) is 11.5 Å². The van der Waals surface area contributed by atoms with Gasteiger partial charge in [0.2, 0.25) is 0 Å². The average molecular weight is 293 g/mol. The molecule has 1 atom stereocenters. The van der Waals surface area contributed by atoms with E-state index in [-0.39, 0.29) is 6.04 Å². The number of hydrogen-bond acceptors (Lipinski definition) is 4. The molecule has 1 unspecified atom stereocenters. The molecule has 0 saturated carbocycles. The van der Waals surface area contributed by atoms with Crippen molar-refractivity contribution in [3.05, 3.63) is 23.8 Å². The molecule has 0 aromatic heterocycles. The lowest BCUT2D eigenvalue weighted by Gasteiger charge is -2.25. The molecule has 1 aromatic carbocycles. The summed E-state index contributed by atoms with van der Waals surface area (Å²) in [7, 11) is 0. The van der Waals surface area contributed by atoms with Gasteiger partial charge in [0.15, 0.2) is 11.5 Å². The third-order valence-corrected chi connectivity index (χ3v) is 3.92.